The summed E-state index contributed by atoms with van der Waals surface area (Å²) >= 11 is 0. The van der Waals surface area contributed by atoms with Crippen molar-refractivity contribution in [2.75, 3.05) is 14.1 Å². The molecule has 0 spiro atoms. The molecule has 16 heavy (non-hydrogen) atoms. The number of rotatable bonds is 4. The average Bonchev–Trinajstić information content (AvgIpc) is 2.66. The fourth-order valence-corrected chi connectivity index (χ4v) is 1.47. The molecule has 0 N–H and O–H groups in total. The van der Waals surface area contributed by atoms with E-state index in [2.05, 4.69) is 20.2 Å². The van der Waals surface area contributed by atoms with Gasteiger partial charge in [0.25, 0.3) is 0 Å². The van der Waals surface area contributed by atoms with E-state index in [4.69, 9.17) is 0 Å². The highest BCUT2D eigenvalue weighted by molar-refractivity contribution is 5.04. The predicted octanol–water partition coefficient (Wildman–Crippen LogP) is 0.783. The van der Waals surface area contributed by atoms with Crippen LogP contribution < -0.4 is 0 Å². The van der Waals surface area contributed by atoms with Crippen molar-refractivity contribution >= 4 is 0 Å². The van der Waals surface area contributed by atoms with Crippen LogP contribution in [-0.4, -0.2) is 39.0 Å². The second-order valence-electron chi connectivity index (χ2n) is 3.97. The molecule has 0 radical (unpaired) electrons. The predicted molar refractivity (Wildman–Crippen MR) is 60.8 cm³/mol. The molecule has 0 aliphatic rings. The van der Waals surface area contributed by atoms with E-state index < -0.39 is 0 Å². The van der Waals surface area contributed by atoms with Gasteiger partial charge in [-0.25, -0.2) is 4.68 Å². The van der Waals surface area contributed by atoms with E-state index in [-0.39, 0.29) is 0 Å². The Hall–Kier alpha value is -1.75. The molecular formula is C11H15N5. The van der Waals surface area contributed by atoms with E-state index in [9.17, 15) is 0 Å². The molecule has 0 bridgehead atoms. The van der Waals surface area contributed by atoms with Crippen LogP contribution in [0, 0.1) is 0 Å². The summed E-state index contributed by atoms with van der Waals surface area (Å²) < 4.78 is 1.81. The molecule has 2 aromatic rings. The Kier molecular flexibility index (Phi) is 3.26. The van der Waals surface area contributed by atoms with Crippen LogP contribution >= 0.6 is 0 Å². The smallest absolute Gasteiger partial charge is 0.0967 e. The summed E-state index contributed by atoms with van der Waals surface area (Å²) in [4.78, 5) is 6.31. The molecule has 5 nitrogen and oxygen atoms in total. The molecule has 0 aliphatic heterocycles. The molecule has 0 amide bonds. The van der Waals surface area contributed by atoms with Gasteiger partial charge >= 0.3 is 0 Å². The van der Waals surface area contributed by atoms with Crippen molar-refractivity contribution in [3.05, 3.63) is 42.0 Å². The van der Waals surface area contributed by atoms with Gasteiger partial charge in [-0.2, -0.15) is 0 Å². The van der Waals surface area contributed by atoms with Crippen LogP contribution in [0.15, 0.2) is 30.6 Å². The average molecular weight is 217 g/mol. The number of hydrogen-bond donors (Lipinski definition) is 0. The zero-order valence-corrected chi connectivity index (χ0v) is 9.54. The Labute approximate surface area is 94.7 Å². The van der Waals surface area contributed by atoms with Gasteiger partial charge in [0, 0.05) is 12.7 Å². The molecule has 2 heterocycles. The number of aromatic nitrogens is 4. The second-order valence-corrected chi connectivity index (χ2v) is 3.97. The first kappa shape index (κ1) is 10.8. The minimum atomic E-state index is 0.668. The first-order chi connectivity index (χ1) is 7.74. The van der Waals surface area contributed by atoms with Crippen LogP contribution in [0.4, 0.5) is 0 Å². The highest BCUT2D eigenvalue weighted by atomic mass is 15.4. The van der Waals surface area contributed by atoms with Crippen molar-refractivity contribution < 1.29 is 0 Å². The van der Waals surface area contributed by atoms with Crippen LogP contribution in [0.2, 0.25) is 0 Å². The molecule has 2 aromatic heterocycles. The summed E-state index contributed by atoms with van der Waals surface area (Å²) in [5, 5.41) is 8.16. The van der Waals surface area contributed by atoms with Crippen molar-refractivity contribution in [3.63, 3.8) is 0 Å². The van der Waals surface area contributed by atoms with Crippen LogP contribution in [0.1, 0.15) is 11.4 Å². The zero-order valence-electron chi connectivity index (χ0n) is 9.54. The number of hydrogen-bond acceptors (Lipinski definition) is 4. The first-order valence-electron chi connectivity index (χ1n) is 5.17. The molecule has 0 aromatic carbocycles. The summed E-state index contributed by atoms with van der Waals surface area (Å²) in [6.07, 6.45) is 3.74. The molecular weight excluding hydrogens is 202 g/mol. The van der Waals surface area contributed by atoms with E-state index >= 15 is 0 Å². The molecule has 0 saturated carbocycles. The lowest BCUT2D eigenvalue weighted by Gasteiger charge is -2.04. The standard InChI is InChI=1S/C11H15N5/c1-15(2)7-11-9-16(14-13-11)8-10-5-3-4-6-12-10/h3-6,9H,7-8H2,1-2H3. The molecule has 0 saturated heterocycles. The lowest BCUT2D eigenvalue weighted by atomic mass is 10.3. The van der Waals surface area contributed by atoms with Crippen LogP contribution in [0.3, 0.4) is 0 Å². The van der Waals surface area contributed by atoms with Crippen molar-refractivity contribution in [1.82, 2.24) is 24.9 Å². The van der Waals surface area contributed by atoms with Crippen molar-refractivity contribution in [3.8, 4) is 0 Å². The summed E-state index contributed by atoms with van der Waals surface area (Å²) in [5.74, 6) is 0. The SMILES string of the molecule is CN(C)Cc1cn(Cc2ccccn2)nn1. The maximum absolute atomic E-state index is 4.25. The van der Waals surface area contributed by atoms with Crippen molar-refractivity contribution in [1.29, 1.82) is 0 Å². The molecule has 0 atom stereocenters. The van der Waals surface area contributed by atoms with E-state index in [1.807, 2.05) is 38.5 Å². The summed E-state index contributed by atoms with van der Waals surface area (Å²) in [6, 6.07) is 5.86. The highest BCUT2D eigenvalue weighted by Crippen LogP contribution is 2.00. The van der Waals surface area contributed by atoms with Gasteiger partial charge in [-0.15, -0.1) is 5.10 Å². The van der Waals surface area contributed by atoms with E-state index in [0.717, 1.165) is 17.9 Å². The third-order valence-corrected chi connectivity index (χ3v) is 2.11. The molecule has 84 valence electrons. The molecule has 2 rings (SSSR count). The van der Waals surface area contributed by atoms with E-state index in [1.165, 1.54) is 0 Å². The highest BCUT2D eigenvalue weighted by Gasteiger charge is 2.02. The Morgan fingerprint density at radius 3 is 2.81 bits per heavy atom. The monoisotopic (exact) mass is 217 g/mol. The van der Waals surface area contributed by atoms with Crippen molar-refractivity contribution in [2.24, 2.45) is 0 Å². The molecule has 0 fully saturated rings. The van der Waals surface area contributed by atoms with Gasteiger partial charge in [0.05, 0.1) is 24.1 Å². The first-order valence-corrected chi connectivity index (χ1v) is 5.17. The van der Waals surface area contributed by atoms with Gasteiger partial charge in [-0.3, -0.25) is 4.98 Å². The Balaban J connectivity index is 2.03. The number of pyridine rings is 1. The van der Waals surface area contributed by atoms with Gasteiger partial charge < -0.3 is 4.90 Å². The van der Waals surface area contributed by atoms with Crippen LogP contribution in [0.25, 0.3) is 0 Å². The van der Waals surface area contributed by atoms with Gasteiger partial charge in [0.2, 0.25) is 0 Å². The van der Waals surface area contributed by atoms with Crippen molar-refractivity contribution in [2.45, 2.75) is 13.1 Å². The Morgan fingerprint density at radius 2 is 2.12 bits per heavy atom. The second kappa shape index (κ2) is 4.85. The lowest BCUT2D eigenvalue weighted by molar-refractivity contribution is 0.396. The van der Waals surface area contributed by atoms with Gasteiger partial charge in [-0.05, 0) is 26.2 Å². The quantitative estimate of drug-likeness (QED) is 0.759. The van der Waals surface area contributed by atoms with E-state index in [1.54, 1.807) is 10.9 Å². The zero-order chi connectivity index (χ0) is 11.4. The Morgan fingerprint density at radius 1 is 1.25 bits per heavy atom. The van der Waals surface area contributed by atoms with Gasteiger partial charge in [0.1, 0.15) is 0 Å². The minimum absolute atomic E-state index is 0.668. The third kappa shape index (κ3) is 2.87. The number of nitrogens with zero attached hydrogens (tertiary/aromatic N) is 5. The molecule has 0 unspecified atom stereocenters. The topological polar surface area (TPSA) is 46.8 Å². The fraction of sp³-hybridized carbons (Fsp3) is 0.364. The summed E-state index contributed by atoms with van der Waals surface area (Å²) in [5.41, 5.74) is 1.96. The normalized spacial score (nSPS) is 10.9. The molecule has 0 aliphatic carbocycles. The minimum Gasteiger partial charge on any atom is -0.303 e. The summed E-state index contributed by atoms with van der Waals surface area (Å²) in [7, 11) is 4.02. The Bertz CT molecular complexity index is 435. The van der Waals surface area contributed by atoms with Crippen LogP contribution in [-0.2, 0) is 13.1 Å². The van der Waals surface area contributed by atoms with Gasteiger partial charge in [0.15, 0.2) is 0 Å². The summed E-state index contributed by atoms with van der Waals surface area (Å²) in [6.45, 7) is 1.48. The fourth-order valence-electron chi connectivity index (χ4n) is 1.47. The maximum atomic E-state index is 4.25. The van der Waals surface area contributed by atoms with Crippen LogP contribution in [0.5, 0.6) is 0 Å². The largest absolute Gasteiger partial charge is 0.303 e. The van der Waals surface area contributed by atoms with E-state index in [0.29, 0.717) is 6.54 Å². The molecule has 5 heteroatoms. The maximum Gasteiger partial charge on any atom is 0.0967 e. The lowest BCUT2D eigenvalue weighted by Crippen LogP contribution is -2.10. The third-order valence-electron chi connectivity index (χ3n) is 2.11. The van der Waals surface area contributed by atoms with Gasteiger partial charge in [-0.1, -0.05) is 11.3 Å².